The third kappa shape index (κ3) is 3.49. The fraction of sp³-hybridized carbons (Fsp3) is 0.250. The zero-order valence-corrected chi connectivity index (χ0v) is 14.1. The first-order valence-electron chi connectivity index (χ1n) is 8.16. The van der Waals surface area contributed by atoms with Gasteiger partial charge in [-0.3, -0.25) is 0 Å². The zero-order chi connectivity index (χ0) is 16.9. The van der Waals surface area contributed by atoms with Gasteiger partial charge in [0, 0.05) is 16.6 Å². The first-order valence-corrected chi connectivity index (χ1v) is 8.16. The van der Waals surface area contributed by atoms with Crippen LogP contribution in [0.3, 0.4) is 0 Å². The molecular weight excluding hydrogens is 300 g/mol. The van der Waals surface area contributed by atoms with E-state index in [-0.39, 0.29) is 12.6 Å². The van der Waals surface area contributed by atoms with Crippen molar-refractivity contribution in [1.29, 1.82) is 0 Å². The zero-order valence-electron chi connectivity index (χ0n) is 14.1. The van der Waals surface area contributed by atoms with E-state index in [9.17, 15) is 4.79 Å². The van der Waals surface area contributed by atoms with Gasteiger partial charge in [-0.2, -0.15) is 0 Å². The van der Waals surface area contributed by atoms with Crippen molar-refractivity contribution in [2.75, 3.05) is 13.6 Å². The summed E-state index contributed by atoms with van der Waals surface area (Å²) >= 11 is 0. The van der Waals surface area contributed by atoms with Crippen LogP contribution < -0.4 is 5.32 Å². The number of aryl methyl sites for hydroxylation is 1. The van der Waals surface area contributed by atoms with Gasteiger partial charge < -0.3 is 15.0 Å². The number of fused-ring (bicyclic) bond motifs is 1. The van der Waals surface area contributed by atoms with Crippen molar-refractivity contribution >= 4 is 16.9 Å². The molecule has 0 bridgehead atoms. The van der Waals surface area contributed by atoms with E-state index >= 15 is 0 Å². The van der Waals surface area contributed by atoms with E-state index in [1.165, 1.54) is 5.56 Å². The first kappa shape index (κ1) is 16.3. The van der Waals surface area contributed by atoms with E-state index in [0.717, 1.165) is 35.1 Å². The summed E-state index contributed by atoms with van der Waals surface area (Å²) < 4.78 is 5.51. The molecule has 0 aliphatic heterocycles. The van der Waals surface area contributed by atoms with E-state index in [2.05, 4.69) is 22.4 Å². The molecular formula is C20H22N2O2. The first-order chi connectivity index (χ1) is 11.7. The number of carbonyl (C=O) groups excluding carboxylic acids is 1. The number of esters is 1. The highest BCUT2D eigenvalue weighted by Gasteiger charge is 2.18. The lowest BCUT2D eigenvalue weighted by Gasteiger charge is -2.06. The smallest absolute Gasteiger partial charge is 0.340 e. The number of likely N-dealkylation sites (N-methyl/N-ethyl adjacent to an activating group) is 1. The maximum atomic E-state index is 12.6. The Bertz CT molecular complexity index is 837. The van der Waals surface area contributed by atoms with Crippen LogP contribution in [0.5, 0.6) is 0 Å². The number of H-pyrrole nitrogens is 1. The summed E-state index contributed by atoms with van der Waals surface area (Å²) in [6.45, 7) is 3.10. The van der Waals surface area contributed by atoms with Crippen molar-refractivity contribution in [3.05, 3.63) is 70.9 Å². The third-order valence-electron chi connectivity index (χ3n) is 4.13. The van der Waals surface area contributed by atoms with Crippen LogP contribution >= 0.6 is 0 Å². The van der Waals surface area contributed by atoms with Crippen LogP contribution in [-0.4, -0.2) is 24.5 Å². The summed E-state index contributed by atoms with van der Waals surface area (Å²) in [5.74, 6) is -0.284. The van der Waals surface area contributed by atoms with E-state index in [1.807, 2.05) is 50.4 Å². The number of ether oxygens (including phenoxy) is 1. The van der Waals surface area contributed by atoms with Crippen LogP contribution in [0.25, 0.3) is 10.9 Å². The summed E-state index contributed by atoms with van der Waals surface area (Å²) in [7, 11) is 1.94. The van der Waals surface area contributed by atoms with E-state index in [0.29, 0.717) is 5.56 Å². The normalized spacial score (nSPS) is 10.9. The van der Waals surface area contributed by atoms with Crippen LogP contribution in [0.15, 0.2) is 48.5 Å². The number of carbonyl (C=O) groups is 1. The van der Waals surface area contributed by atoms with Gasteiger partial charge >= 0.3 is 5.97 Å². The summed E-state index contributed by atoms with van der Waals surface area (Å²) in [5, 5.41) is 4.08. The van der Waals surface area contributed by atoms with Gasteiger partial charge in [0.25, 0.3) is 0 Å². The average molecular weight is 322 g/mol. The van der Waals surface area contributed by atoms with Gasteiger partial charge in [0.2, 0.25) is 0 Å². The lowest BCUT2D eigenvalue weighted by atomic mass is 10.1. The van der Waals surface area contributed by atoms with E-state index < -0.39 is 0 Å². The van der Waals surface area contributed by atoms with Gasteiger partial charge in [0.05, 0.1) is 5.56 Å². The molecule has 0 spiro atoms. The fourth-order valence-corrected chi connectivity index (χ4v) is 2.86. The Kier molecular flexibility index (Phi) is 4.96. The predicted octanol–water partition coefficient (Wildman–Crippen LogP) is 3.60. The van der Waals surface area contributed by atoms with Crippen LogP contribution in [-0.2, 0) is 17.8 Å². The van der Waals surface area contributed by atoms with Crippen molar-refractivity contribution in [3.63, 3.8) is 0 Å². The molecule has 124 valence electrons. The van der Waals surface area contributed by atoms with Gasteiger partial charge in [-0.05, 0) is 50.2 Å². The molecule has 1 heterocycles. The quantitative estimate of drug-likeness (QED) is 0.682. The van der Waals surface area contributed by atoms with Gasteiger partial charge in [-0.25, -0.2) is 4.79 Å². The molecule has 0 radical (unpaired) electrons. The molecule has 0 aliphatic rings. The summed E-state index contributed by atoms with van der Waals surface area (Å²) in [6, 6.07) is 15.9. The lowest BCUT2D eigenvalue weighted by Crippen LogP contribution is -2.10. The van der Waals surface area contributed by atoms with Gasteiger partial charge in [0.1, 0.15) is 6.61 Å². The van der Waals surface area contributed by atoms with Crippen LogP contribution in [0.2, 0.25) is 0 Å². The highest BCUT2D eigenvalue weighted by molar-refractivity contribution is 6.05. The van der Waals surface area contributed by atoms with Gasteiger partial charge in [-0.1, -0.05) is 36.4 Å². The number of aromatic amines is 1. The molecule has 2 aromatic carbocycles. The minimum atomic E-state index is -0.284. The average Bonchev–Trinajstić information content (AvgIpc) is 2.94. The Hall–Kier alpha value is -2.59. The molecule has 24 heavy (non-hydrogen) atoms. The SMILES string of the molecule is CNCCc1ccc2[nH]c(C)c(C(=O)OCc3ccccc3)c2c1. The van der Waals surface area contributed by atoms with Gasteiger partial charge in [0.15, 0.2) is 0 Å². The number of rotatable bonds is 6. The molecule has 0 atom stereocenters. The van der Waals surface area contributed by atoms with E-state index in [1.54, 1.807) is 0 Å². The molecule has 0 saturated carbocycles. The largest absolute Gasteiger partial charge is 0.457 e. The molecule has 4 heteroatoms. The summed E-state index contributed by atoms with van der Waals surface area (Å²) in [6.07, 6.45) is 0.926. The molecule has 0 saturated heterocycles. The minimum absolute atomic E-state index is 0.283. The molecule has 2 N–H and O–H groups in total. The molecule has 3 rings (SSSR count). The number of hydrogen-bond acceptors (Lipinski definition) is 3. The van der Waals surface area contributed by atoms with Gasteiger partial charge in [-0.15, -0.1) is 0 Å². The molecule has 3 aromatic rings. The highest BCUT2D eigenvalue weighted by Crippen LogP contribution is 2.24. The Morgan fingerprint density at radius 3 is 2.67 bits per heavy atom. The van der Waals surface area contributed by atoms with Crippen molar-refractivity contribution < 1.29 is 9.53 Å². The third-order valence-corrected chi connectivity index (χ3v) is 4.13. The van der Waals surface area contributed by atoms with Crippen molar-refractivity contribution in [1.82, 2.24) is 10.3 Å². The molecule has 0 amide bonds. The Morgan fingerprint density at radius 2 is 1.92 bits per heavy atom. The maximum absolute atomic E-state index is 12.6. The van der Waals surface area contributed by atoms with E-state index in [4.69, 9.17) is 4.74 Å². The van der Waals surface area contributed by atoms with Crippen LogP contribution in [0.1, 0.15) is 27.2 Å². The number of benzene rings is 2. The lowest BCUT2D eigenvalue weighted by molar-refractivity contribution is 0.0474. The predicted molar refractivity (Wildman–Crippen MR) is 96.2 cm³/mol. The Labute approximate surface area is 141 Å². The molecule has 4 nitrogen and oxygen atoms in total. The fourth-order valence-electron chi connectivity index (χ4n) is 2.86. The van der Waals surface area contributed by atoms with Crippen LogP contribution in [0, 0.1) is 6.92 Å². The molecule has 0 unspecified atom stereocenters. The Balaban J connectivity index is 1.84. The number of aromatic nitrogens is 1. The minimum Gasteiger partial charge on any atom is -0.457 e. The monoisotopic (exact) mass is 322 g/mol. The molecule has 0 aliphatic carbocycles. The van der Waals surface area contributed by atoms with Crippen molar-refractivity contribution in [2.45, 2.75) is 20.0 Å². The highest BCUT2D eigenvalue weighted by atomic mass is 16.5. The Morgan fingerprint density at radius 1 is 1.12 bits per heavy atom. The number of nitrogens with one attached hydrogen (secondary N) is 2. The standard InChI is InChI=1S/C20H22N2O2/c1-14-19(20(23)24-13-16-6-4-3-5-7-16)17-12-15(10-11-21-2)8-9-18(17)22-14/h3-9,12,21-22H,10-11,13H2,1-2H3. The summed E-state index contributed by atoms with van der Waals surface area (Å²) in [4.78, 5) is 15.9. The second kappa shape index (κ2) is 7.32. The molecule has 1 aromatic heterocycles. The molecule has 0 fully saturated rings. The number of hydrogen-bond donors (Lipinski definition) is 2. The van der Waals surface area contributed by atoms with Crippen molar-refractivity contribution in [3.8, 4) is 0 Å². The topological polar surface area (TPSA) is 54.1 Å². The van der Waals surface area contributed by atoms with Crippen LogP contribution in [0.4, 0.5) is 0 Å². The van der Waals surface area contributed by atoms with Crippen molar-refractivity contribution in [2.24, 2.45) is 0 Å². The summed E-state index contributed by atoms with van der Waals surface area (Å²) in [5.41, 5.74) is 4.62. The second-order valence-electron chi connectivity index (χ2n) is 5.92. The maximum Gasteiger partial charge on any atom is 0.340 e. The second-order valence-corrected chi connectivity index (χ2v) is 5.92.